The highest BCUT2D eigenvalue weighted by Gasteiger charge is 2.10. The highest BCUT2D eigenvalue weighted by atomic mass is 32.2. The molecule has 20 heavy (non-hydrogen) atoms. The molecule has 0 atom stereocenters. The van der Waals surface area contributed by atoms with Crippen molar-refractivity contribution in [2.75, 3.05) is 0 Å². The molecular weight excluding hydrogens is 289 g/mol. The number of sulfonamides is 1. The van der Waals surface area contributed by atoms with E-state index in [0.717, 1.165) is 21.0 Å². The van der Waals surface area contributed by atoms with Crippen LogP contribution in [0.4, 0.5) is 0 Å². The predicted molar refractivity (Wildman–Crippen MR) is 78.3 cm³/mol. The number of aromatic amines is 1. The second kappa shape index (κ2) is 4.72. The first-order valence-electron chi connectivity index (χ1n) is 5.82. The lowest BCUT2D eigenvalue weighted by molar-refractivity contribution is 0.598. The molecule has 0 aliphatic rings. The van der Waals surface area contributed by atoms with E-state index >= 15 is 0 Å². The van der Waals surface area contributed by atoms with Gasteiger partial charge in [-0.25, -0.2) is 18.5 Å². The number of rotatable bonds is 2. The van der Waals surface area contributed by atoms with E-state index in [1.54, 1.807) is 12.1 Å². The van der Waals surface area contributed by atoms with E-state index in [1.807, 2.05) is 18.2 Å². The first-order chi connectivity index (χ1) is 9.45. The third-order valence-electron chi connectivity index (χ3n) is 3.00. The van der Waals surface area contributed by atoms with Crippen LogP contribution in [0.3, 0.4) is 0 Å². The van der Waals surface area contributed by atoms with E-state index in [9.17, 15) is 8.42 Å². The second-order valence-electron chi connectivity index (χ2n) is 4.40. The van der Waals surface area contributed by atoms with Gasteiger partial charge in [-0.1, -0.05) is 12.1 Å². The molecule has 0 aliphatic heterocycles. The quantitative estimate of drug-likeness (QED) is 0.682. The first-order valence-corrected chi connectivity index (χ1v) is 7.95. The summed E-state index contributed by atoms with van der Waals surface area (Å²) in [5.74, 6) is 0.691. The molecule has 3 rings (SSSR count). The maximum Gasteiger partial charge on any atom is 0.238 e. The van der Waals surface area contributed by atoms with Crippen molar-refractivity contribution in [1.29, 1.82) is 0 Å². The summed E-state index contributed by atoms with van der Waals surface area (Å²) in [6.07, 6.45) is 0. The third-order valence-corrected chi connectivity index (χ3v) is 4.40. The van der Waals surface area contributed by atoms with Crippen molar-refractivity contribution < 1.29 is 8.42 Å². The lowest BCUT2D eigenvalue weighted by Gasteiger charge is -1.99. The minimum atomic E-state index is -3.67. The Morgan fingerprint density at radius 1 is 1.10 bits per heavy atom. The van der Waals surface area contributed by atoms with E-state index in [0.29, 0.717) is 5.82 Å². The van der Waals surface area contributed by atoms with Gasteiger partial charge in [0.1, 0.15) is 5.82 Å². The third kappa shape index (κ3) is 2.37. The highest BCUT2D eigenvalue weighted by molar-refractivity contribution is 7.89. The first kappa shape index (κ1) is 13.3. The molecule has 0 saturated carbocycles. The lowest BCUT2D eigenvalue weighted by atomic mass is 10.2. The molecule has 2 radical (unpaired) electrons. The molecule has 2 aromatic carbocycles. The van der Waals surface area contributed by atoms with Crippen molar-refractivity contribution in [2.24, 2.45) is 5.14 Å². The summed E-state index contributed by atoms with van der Waals surface area (Å²) >= 11 is 2.64. The van der Waals surface area contributed by atoms with Gasteiger partial charge in [0.25, 0.3) is 0 Å². The molecule has 0 unspecified atom stereocenters. The van der Waals surface area contributed by atoms with Crippen molar-refractivity contribution in [3.05, 3.63) is 42.5 Å². The Labute approximate surface area is 124 Å². The lowest BCUT2D eigenvalue weighted by Crippen LogP contribution is -2.11. The Hall–Kier alpha value is -1.65. The van der Waals surface area contributed by atoms with E-state index in [1.165, 1.54) is 12.1 Å². The van der Waals surface area contributed by atoms with Crippen molar-refractivity contribution >= 4 is 41.8 Å². The van der Waals surface area contributed by atoms with Crippen LogP contribution in [0, 0.1) is 0 Å². The molecule has 0 spiro atoms. The minimum Gasteiger partial charge on any atom is -0.338 e. The van der Waals surface area contributed by atoms with Gasteiger partial charge in [0, 0.05) is 5.56 Å². The van der Waals surface area contributed by atoms with Gasteiger partial charge < -0.3 is 4.98 Å². The summed E-state index contributed by atoms with van der Waals surface area (Å²) in [5, 5.41) is 5.07. The van der Waals surface area contributed by atoms with Gasteiger partial charge in [-0.05, 0) is 30.3 Å². The number of H-pyrrole nitrogens is 1. The number of nitrogens with one attached hydrogen (secondary N) is 1. The number of aromatic nitrogens is 2. The maximum atomic E-state index is 11.2. The Kier molecular flexibility index (Phi) is 3.15. The van der Waals surface area contributed by atoms with Crippen molar-refractivity contribution in [3.63, 3.8) is 0 Å². The fourth-order valence-electron chi connectivity index (χ4n) is 1.99. The number of nitrogens with two attached hydrogens (primary N) is 1. The van der Waals surface area contributed by atoms with Gasteiger partial charge in [-0.2, -0.15) is 0 Å². The Balaban J connectivity index is 2.09. The smallest absolute Gasteiger partial charge is 0.238 e. The summed E-state index contributed by atoms with van der Waals surface area (Å²) in [4.78, 5) is 7.81. The zero-order chi connectivity index (χ0) is 14.3. The van der Waals surface area contributed by atoms with Gasteiger partial charge in [-0.15, -0.1) is 4.43 Å². The molecule has 0 fully saturated rings. The standard InChI is InChI=1S/C13H10N3O2S.Al/c14-19(17,18)10-7-5-9(6-8-10)13-15-11-3-1-2-4-12(11)16-13;/h1-3,5-8H,(H,15,16)(H2,14,17,18);. The molecule has 0 bridgehead atoms. The molecule has 3 aromatic rings. The van der Waals surface area contributed by atoms with Crippen LogP contribution < -0.4 is 9.56 Å². The number of benzene rings is 2. The van der Waals surface area contributed by atoms with Crippen molar-refractivity contribution in [1.82, 2.24) is 9.97 Å². The summed E-state index contributed by atoms with van der Waals surface area (Å²) in [7, 11) is -3.67. The minimum absolute atomic E-state index is 0.0871. The molecule has 98 valence electrons. The fourth-order valence-corrected chi connectivity index (χ4v) is 2.84. The van der Waals surface area contributed by atoms with Gasteiger partial charge >= 0.3 is 0 Å². The van der Waals surface area contributed by atoms with E-state index in [2.05, 4.69) is 26.3 Å². The van der Waals surface area contributed by atoms with Crippen molar-refractivity contribution in [2.45, 2.75) is 4.90 Å². The zero-order valence-corrected chi connectivity index (χ0v) is 12.3. The maximum absolute atomic E-state index is 11.2. The summed E-state index contributed by atoms with van der Waals surface area (Å²) in [6, 6.07) is 12.1. The Bertz CT molecular complexity index is 886. The van der Waals surface area contributed by atoms with Gasteiger partial charge in [0.2, 0.25) is 10.0 Å². The van der Waals surface area contributed by atoms with Gasteiger partial charge in [-0.3, -0.25) is 0 Å². The van der Waals surface area contributed by atoms with Gasteiger partial charge in [0.05, 0.1) is 15.9 Å². The van der Waals surface area contributed by atoms with Crippen LogP contribution in [0.25, 0.3) is 22.4 Å². The average molecular weight is 299 g/mol. The van der Waals surface area contributed by atoms with Crippen LogP contribution in [0.5, 0.6) is 0 Å². The molecule has 1 aromatic heterocycles. The van der Waals surface area contributed by atoms with Crippen molar-refractivity contribution in [3.8, 4) is 11.4 Å². The van der Waals surface area contributed by atoms with Crippen LogP contribution in [0.2, 0.25) is 0 Å². The predicted octanol–water partition coefficient (Wildman–Crippen LogP) is 0.671. The molecule has 0 saturated heterocycles. The zero-order valence-electron chi connectivity index (χ0n) is 10.4. The molecule has 5 nitrogen and oxygen atoms in total. The van der Waals surface area contributed by atoms with E-state index < -0.39 is 10.0 Å². The molecular formula is C13H10AlN3O2S. The number of hydrogen-bond acceptors (Lipinski definition) is 3. The second-order valence-corrected chi connectivity index (χ2v) is 6.58. The van der Waals surface area contributed by atoms with Crippen LogP contribution >= 0.6 is 0 Å². The van der Waals surface area contributed by atoms with Crippen LogP contribution in [0.15, 0.2) is 47.4 Å². The summed E-state index contributed by atoms with van der Waals surface area (Å²) in [5.41, 5.74) is 2.61. The molecule has 3 N–H and O–H groups in total. The number of nitrogens with zero attached hydrogens (tertiary/aromatic N) is 1. The summed E-state index contributed by atoms with van der Waals surface area (Å²) < 4.78 is 23.4. The number of para-hydroxylation sites is 1. The largest absolute Gasteiger partial charge is 0.338 e. The fraction of sp³-hybridized carbons (Fsp3) is 0. The number of fused-ring (bicyclic) bond motifs is 1. The molecule has 7 heteroatoms. The number of imidazole rings is 1. The summed E-state index contributed by atoms with van der Waals surface area (Å²) in [6.45, 7) is 0. The average Bonchev–Trinajstić information content (AvgIpc) is 2.83. The highest BCUT2D eigenvalue weighted by Crippen LogP contribution is 2.20. The number of primary sulfonamides is 1. The molecule has 0 amide bonds. The Morgan fingerprint density at radius 3 is 2.40 bits per heavy atom. The van der Waals surface area contributed by atoms with E-state index in [-0.39, 0.29) is 4.90 Å². The molecule has 1 heterocycles. The van der Waals surface area contributed by atoms with E-state index in [4.69, 9.17) is 5.14 Å². The Morgan fingerprint density at radius 2 is 1.80 bits per heavy atom. The van der Waals surface area contributed by atoms with Crippen LogP contribution in [0.1, 0.15) is 0 Å². The SMILES string of the molecule is NS(=O)(=O)c1ccc(-c2nc3[c]([Al])cccc3[nH]2)cc1. The topological polar surface area (TPSA) is 88.8 Å². The number of hydrogen-bond donors (Lipinski definition) is 2. The monoisotopic (exact) mass is 299 g/mol. The normalized spacial score (nSPS) is 11.8. The van der Waals surface area contributed by atoms with Crippen LogP contribution in [-0.4, -0.2) is 34.7 Å². The molecule has 0 aliphatic carbocycles. The van der Waals surface area contributed by atoms with Crippen LogP contribution in [-0.2, 0) is 10.0 Å². The van der Waals surface area contributed by atoms with Gasteiger partial charge in [0.15, 0.2) is 16.3 Å².